The first-order valence-corrected chi connectivity index (χ1v) is 5.66. The van der Waals surface area contributed by atoms with E-state index >= 15 is 0 Å². The lowest BCUT2D eigenvalue weighted by Crippen LogP contribution is -2.03. The average molecular weight is 271 g/mol. The summed E-state index contributed by atoms with van der Waals surface area (Å²) < 4.78 is 42.2. The minimum absolute atomic E-state index is 0.190. The molecule has 0 fully saturated rings. The minimum atomic E-state index is -4.35. The predicted molar refractivity (Wildman–Crippen MR) is 63.6 cm³/mol. The zero-order chi connectivity index (χ0) is 14.0. The molecule has 2 rings (SSSR count). The number of H-pyrrole nitrogens is 1. The maximum absolute atomic E-state index is 12.6. The van der Waals surface area contributed by atoms with E-state index in [0.29, 0.717) is 23.0 Å². The van der Waals surface area contributed by atoms with Crippen LogP contribution in [0.15, 0.2) is 24.3 Å². The molecule has 1 N–H and O–H groups in total. The van der Waals surface area contributed by atoms with Crippen LogP contribution in [0, 0.1) is 0 Å². The molecule has 0 aliphatic heterocycles. The summed E-state index contributed by atoms with van der Waals surface area (Å²) in [5.74, 6) is -0.352. The number of rotatable bonds is 3. The van der Waals surface area contributed by atoms with Gasteiger partial charge in [0.2, 0.25) is 0 Å². The van der Waals surface area contributed by atoms with Gasteiger partial charge in [0.15, 0.2) is 0 Å². The van der Waals surface area contributed by atoms with Gasteiger partial charge in [-0.3, -0.25) is 4.79 Å². The van der Waals surface area contributed by atoms with Crippen molar-refractivity contribution in [1.82, 2.24) is 4.98 Å². The van der Waals surface area contributed by atoms with Crippen LogP contribution in [0.2, 0.25) is 0 Å². The van der Waals surface area contributed by atoms with Crippen molar-refractivity contribution in [1.29, 1.82) is 0 Å². The molecule has 0 atom stereocenters. The van der Waals surface area contributed by atoms with Crippen LogP contribution in [-0.2, 0) is 22.1 Å². The van der Waals surface area contributed by atoms with E-state index < -0.39 is 11.7 Å². The van der Waals surface area contributed by atoms with E-state index in [1.54, 1.807) is 6.07 Å². The average Bonchev–Trinajstić information content (AvgIpc) is 2.76. The third-order valence-electron chi connectivity index (χ3n) is 2.83. The van der Waals surface area contributed by atoms with Crippen LogP contribution in [0.1, 0.15) is 17.7 Å². The second kappa shape index (κ2) is 4.95. The molecule has 0 saturated carbocycles. The van der Waals surface area contributed by atoms with Gasteiger partial charge in [0.1, 0.15) is 0 Å². The lowest BCUT2D eigenvalue weighted by molar-refractivity contribution is -0.140. The molecule has 3 nitrogen and oxygen atoms in total. The van der Waals surface area contributed by atoms with Gasteiger partial charge in [0.25, 0.3) is 0 Å². The summed E-state index contributed by atoms with van der Waals surface area (Å²) in [7, 11) is 1.29. The van der Waals surface area contributed by atoms with Gasteiger partial charge < -0.3 is 9.72 Å². The highest BCUT2D eigenvalue weighted by Gasteiger charge is 2.30. The van der Waals surface area contributed by atoms with Crippen molar-refractivity contribution < 1.29 is 22.7 Å². The quantitative estimate of drug-likeness (QED) is 0.870. The molecular weight excluding hydrogens is 259 g/mol. The standard InChI is InChI=1S/C13H12F3NO2/c1-19-12(18)5-3-10-7-8-6-9(13(14,15)16)2-4-11(8)17-10/h2,4,6-7,17H,3,5H2,1H3. The van der Waals surface area contributed by atoms with Crippen molar-refractivity contribution in [2.45, 2.75) is 19.0 Å². The highest BCUT2D eigenvalue weighted by atomic mass is 19.4. The molecule has 0 saturated heterocycles. The maximum Gasteiger partial charge on any atom is 0.416 e. The molecule has 1 heterocycles. The fraction of sp³-hybridized carbons (Fsp3) is 0.308. The number of nitrogens with one attached hydrogen (secondary N) is 1. The molecule has 19 heavy (non-hydrogen) atoms. The second-order valence-electron chi connectivity index (χ2n) is 4.17. The van der Waals surface area contributed by atoms with Crippen LogP contribution in [0.25, 0.3) is 10.9 Å². The molecule has 0 radical (unpaired) electrons. The van der Waals surface area contributed by atoms with Gasteiger partial charge in [-0.05, 0) is 30.7 Å². The molecule has 102 valence electrons. The number of halogens is 3. The Labute approximate surface area is 107 Å². The molecule has 0 bridgehead atoms. The van der Waals surface area contributed by atoms with Crippen molar-refractivity contribution in [3.8, 4) is 0 Å². The smallest absolute Gasteiger partial charge is 0.416 e. The van der Waals surface area contributed by atoms with E-state index in [4.69, 9.17) is 0 Å². The van der Waals surface area contributed by atoms with Gasteiger partial charge in [-0.1, -0.05) is 0 Å². The number of hydrogen-bond acceptors (Lipinski definition) is 2. The van der Waals surface area contributed by atoms with Gasteiger partial charge in [-0.15, -0.1) is 0 Å². The molecule has 2 aromatic rings. The number of esters is 1. The topological polar surface area (TPSA) is 42.1 Å². The van der Waals surface area contributed by atoms with E-state index in [2.05, 4.69) is 9.72 Å². The minimum Gasteiger partial charge on any atom is -0.469 e. The van der Waals surface area contributed by atoms with Crippen molar-refractivity contribution in [2.24, 2.45) is 0 Å². The monoisotopic (exact) mass is 271 g/mol. The number of carbonyl (C=O) groups is 1. The normalized spacial score (nSPS) is 11.8. The van der Waals surface area contributed by atoms with E-state index in [1.807, 2.05) is 0 Å². The van der Waals surface area contributed by atoms with Crippen molar-refractivity contribution >= 4 is 16.9 Å². The van der Waals surface area contributed by atoms with E-state index in [0.717, 1.165) is 12.1 Å². The Morgan fingerprint density at radius 1 is 1.32 bits per heavy atom. The van der Waals surface area contributed by atoms with Crippen molar-refractivity contribution in [3.05, 3.63) is 35.5 Å². The van der Waals surface area contributed by atoms with Crippen LogP contribution in [-0.4, -0.2) is 18.1 Å². The Kier molecular flexibility index (Phi) is 3.50. The zero-order valence-corrected chi connectivity index (χ0v) is 10.2. The van der Waals surface area contributed by atoms with Gasteiger partial charge >= 0.3 is 12.1 Å². The van der Waals surface area contributed by atoms with Crippen LogP contribution < -0.4 is 0 Å². The Morgan fingerprint density at radius 3 is 2.68 bits per heavy atom. The summed E-state index contributed by atoms with van der Waals surface area (Å²) in [6.45, 7) is 0. The Hall–Kier alpha value is -1.98. The van der Waals surface area contributed by atoms with Gasteiger partial charge in [0, 0.05) is 16.6 Å². The third kappa shape index (κ3) is 3.07. The lowest BCUT2D eigenvalue weighted by Gasteiger charge is -2.05. The van der Waals surface area contributed by atoms with Crippen molar-refractivity contribution in [3.63, 3.8) is 0 Å². The SMILES string of the molecule is COC(=O)CCc1cc2cc(C(F)(F)F)ccc2[nH]1. The fourth-order valence-electron chi connectivity index (χ4n) is 1.84. The van der Waals surface area contributed by atoms with Crippen LogP contribution in [0.4, 0.5) is 13.2 Å². The largest absolute Gasteiger partial charge is 0.469 e. The molecule has 0 aliphatic carbocycles. The number of alkyl halides is 3. The first-order valence-electron chi connectivity index (χ1n) is 5.66. The maximum atomic E-state index is 12.6. The summed E-state index contributed by atoms with van der Waals surface area (Å²) in [6.07, 6.45) is -3.75. The number of fused-ring (bicyclic) bond motifs is 1. The fourth-order valence-corrected chi connectivity index (χ4v) is 1.84. The van der Waals surface area contributed by atoms with E-state index in [-0.39, 0.29) is 12.4 Å². The molecular formula is C13H12F3NO2. The summed E-state index contributed by atoms with van der Waals surface area (Å²) in [6, 6.07) is 5.13. The number of methoxy groups -OCH3 is 1. The number of carbonyl (C=O) groups excluding carboxylic acids is 1. The molecule has 0 spiro atoms. The van der Waals surface area contributed by atoms with Crippen molar-refractivity contribution in [2.75, 3.05) is 7.11 Å². The summed E-state index contributed by atoms with van der Waals surface area (Å²) in [5, 5.41) is 0.481. The van der Waals surface area contributed by atoms with Crippen LogP contribution in [0.5, 0.6) is 0 Å². The number of ether oxygens (including phenoxy) is 1. The molecule has 6 heteroatoms. The second-order valence-corrected chi connectivity index (χ2v) is 4.17. The first kappa shape index (κ1) is 13.5. The van der Waals surface area contributed by atoms with Gasteiger partial charge in [0.05, 0.1) is 19.1 Å². The highest BCUT2D eigenvalue weighted by molar-refractivity contribution is 5.81. The third-order valence-corrected chi connectivity index (χ3v) is 2.83. The zero-order valence-electron chi connectivity index (χ0n) is 10.2. The summed E-state index contributed by atoms with van der Waals surface area (Å²) >= 11 is 0. The first-order chi connectivity index (χ1) is 8.90. The van der Waals surface area contributed by atoms with E-state index in [9.17, 15) is 18.0 Å². The number of benzene rings is 1. The van der Waals surface area contributed by atoms with Gasteiger partial charge in [-0.25, -0.2) is 0 Å². The molecule has 1 aromatic carbocycles. The molecule has 1 aromatic heterocycles. The van der Waals surface area contributed by atoms with E-state index in [1.165, 1.54) is 13.2 Å². The number of hydrogen-bond donors (Lipinski definition) is 1. The number of aromatic amines is 1. The highest BCUT2D eigenvalue weighted by Crippen LogP contribution is 2.31. The summed E-state index contributed by atoms with van der Waals surface area (Å²) in [5.41, 5.74) is 0.645. The number of aromatic nitrogens is 1. The Morgan fingerprint density at radius 2 is 2.05 bits per heavy atom. The van der Waals surface area contributed by atoms with Crippen LogP contribution in [0.3, 0.4) is 0 Å². The Balaban J connectivity index is 2.23. The van der Waals surface area contributed by atoms with Gasteiger partial charge in [-0.2, -0.15) is 13.2 Å². The summed E-state index contributed by atoms with van der Waals surface area (Å²) in [4.78, 5) is 14.0. The Bertz CT molecular complexity index is 601. The lowest BCUT2D eigenvalue weighted by atomic mass is 10.1. The predicted octanol–water partition coefficient (Wildman–Crippen LogP) is 3.29. The molecule has 0 unspecified atom stereocenters. The number of aryl methyl sites for hydroxylation is 1. The molecule has 0 aliphatic rings. The molecule has 0 amide bonds. The van der Waals surface area contributed by atoms with Crippen LogP contribution >= 0.6 is 0 Å².